The maximum atomic E-state index is 12.7. The van der Waals surface area contributed by atoms with Crippen LogP contribution < -0.4 is 5.32 Å². The Balaban J connectivity index is 2.17. The molecule has 152 valence electrons. The fourth-order valence-electron chi connectivity index (χ4n) is 2.48. The van der Waals surface area contributed by atoms with Gasteiger partial charge in [0.2, 0.25) is 10.0 Å². The zero-order chi connectivity index (χ0) is 20.9. The molecular weight excluding hydrogens is 400 g/mol. The summed E-state index contributed by atoms with van der Waals surface area (Å²) in [6, 6.07) is 11.6. The summed E-state index contributed by atoms with van der Waals surface area (Å²) in [5, 5.41) is 2.97. The molecule has 2 aromatic carbocycles. The van der Waals surface area contributed by atoms with Gasteiger partial charge in [0, 0.05) is 26.7 Å². The Morgan fingerprint density at radius 1 is 1.14 bits per heavy atom. The highest BCUT2D eigenvalue weighted by Crippen LogP contribution is 2.23. The molecule has 2 aromatic rings. The van der Waals surface area contributed by atoms with Gasteiger partial charge in [-0.15, -0.1) is 0 Å². The molecule has 0 saturated carbocycles. The number of ether oxygens (including phenoxy) is 1. The normalized spacial score (nSPS) is 11.8. The van der Waals surface area contributed by atoms with Crippen LogP contribution in [-0.4, -0.2) is 38.8 Å². The van der Waals surface area contributed by atoms with E-state index in [0.717, 1.165) is 11.1 Å². The summed E-state index contributed by atoms with van der Waals surface area (Å²) < 4.78 is 31.6. The first-order chi connectivity index (χ1) is 13.2. The van der Waals surface area contributed by atoms with Crippen molar-refractivity contribution in [3.63, 3.8) is 0 Å². The number of sulfonamides is 1. The summed E-state index contributed by atoms with van der Waals surface area (Å²) >= 11 is 6.14. The lowest BCUT2D eigenvalue weighted by Gasteiger charge is -2.21. The molecule has 8 heteroatoms. The number of rotatable bonds is 8. The number of nitrogens with one attached hydrogen (secondary N) is 1. The lowest BCUT2D eigenvalue weighted by molar-refractivity contribution is 0.0951. The van der Waals surface area contributed by atoms with Gasteiger partial charge in [-0.2, -0.15) is 4.31 Å². The maximum Gasteiger partial charge on any atom is 0.253 e. The van der Waals surface area contributed by atoms with E-state index in [1.807, 2.05) is 24.3 Å². The summed E-state index contributed by atoms with van der Waals surface area (Å²) in [6.45, 7) is 4.37. The number of amides is 1. The summed E-state index contributed by atoms with van der Waals surface area (Å²) in [6.07, 6.45) is 0. The van der Waals surface area contributed by atoms with Crippen molar-refractivity contribution in [2.75, 3.05) is 14.2 Å². The Morgan fingerprint density at radius 3 is 2.32 bits per heavy atom. The molecule has 0 spiro atoms. The van der Waals surface area contributed by atoms with Crippen LogP contribution in [0.4, 0.5) is 0 Å². The van der Waals surface area contributed by atoms with Gasteiger partial charge in [-0.05, 0) is 43.2 Å². The van der Waals surface area contributed by atoms with E-state index in [1.54, 1.807) is 21.0 Å². The number of carbonyl (C=O) groups excluding carboxylic acids is 1. The fraction of sp³-hybridized carbons (Fsp3) is 0.350. The van der Waals surface area contributed by atoms with Gasteiger partial charge >= 0.3 is 0 Å². The molecule has 0 atom stereocenters. The molecule has 0 fully saturated rings. The van der Waals surface area contributed by atoms with E-state index in [2.05, 4.69) is 5.32 Å². The number of hydrogen-bond donors (Lipinski definition) is 1. The van der Waals surface area contributed by atoms with Gasteiger partial charge in [0.05, 0.1) is 22.1 Å². The standard InChI is InChI=1S/C20H25ClN2O4S/c1-14(2)23(3)28(25,26)17-9-10-19(21)18(11-17)20(24)22-12-15-5-7-16(8-6-15)13-27-4/h5-11,14H,12-13H2,1-4H3,(H,22,24). The van der Waals surface area contributed by atoms with Crippen LogP contribution >= 0.6 is 11.6 Å². The molecular formula is C20H25ClN2O4S. The van der Waals surface area contributed by atoms with E-state index < -0.39 is 15.9 Å². The van der Waals surface area contributed by atoms with Crippen LogP contribution in [0.2, 0.25) is 5.02 Å². The van der Waals surface area contributed by atoms with Gasteiger partial charge in [-0.1, -0.05) is 35.9 Å². The third-order valence-corrected chi connectivity index (χ3v) is 6.73. The molecule has 1 N–H and O–H groups in total. The lowest BCUT2D eigenvalue weighted by Crippen LogP contribution is -2.33. The molecule has 0 aromatic heterocycles. The van der Waals surface area contributed by atoms with Crippen molar-refractivity contribution in [2.45, 2.75) is 37.9 Å². The number of benzene rings is 2. The average Bonchev–Trinajstić information content (AvgIpc) is 2.66. The van der Waals surface area contributed by atoms with Crippen molar-refractivity contribution in [3.05, 3.63) is 64.2 Å². The number of hydrogen-bond acceptors (Lipinski definition) is 4. The van der Waals surface area contributed by atoms with Gasteiger partial charge in [-0.25, -0.2) is 8.42 Å². The van der Waals surface area contributed by atoms with Crippen molar-refractivity contribution in [3.8, 4) is 0 Å². The quantitative estimate of drug-likeness (QED) is 0.704. The minimum Gasteiger partial charge on any atom is -0.380 e. The Labute approximate surface area is 171 Å². The molecule has 0 saturated heterocycles. The molecule has 2 rings (SSSR count). The molecule has 0 radical (unpaired) electrons. The van der Waals surface area contributed by atoms with Crippen molar-refractivity contribution >= 4 is 27.5 Å². The predicted molar refractivity (Wildman–Crippen MR) is 110 cm³/mol. The summed E-state index contributed by atoms with van der Waals surface area (Å²) in [5.41, 5.74) is 2.07. The van der Waals surface area contributed by atoms with Crippen LogP contribution in [0, 0.1) is 0 Å². The molecule has 0 aliphatic rings. The van der Waals surface area contributed by atoms with Crippen LogP contribution in [0.15, 0.2) is 47.4 Å². The second-order valence-corrected chi connectivity index (χ2v) is 9.09. The Hall–Kier alpha value is -1.93. The zero-order valence-corrected chi connectivity index (χ0v) is 18.0. The minimum absolute atomic E-state index is 0.0298. The summed E-state index contributed by atoms with van der Waals surface area (Å²) in [7, 11) is -0.574. The van der Waals surface area contributed by atoms with Crippen LogP contribution in [0.5, 0.6) is 0 Å². The number of methoxy groups -OCH3 is 1. The molecule has 0 aliphatic heterocycles. The largest absolute Gasteiger partial charge is 0.380 e. The Kier molecular flexibility index (Phi) is 7.60. The smallest absolute Gasteiger partial charge is 0.253 e. The zero-order valence-electron chi connectivity index (χ0n) is 16.4. The van der Waals surface area contributed by atoms with Crippen LogP contribution in [-0.2, 0) is 27.9 Å². The summed E-state index contributed by atoms with van der Waals surface area (Å²) in [5.74, 6) is -0.435. The highest BCUT2D eigenvalue weighted by molar-refractivity contribution is 7.89. The Bertz CT molecular complexity index is 928. The molecule has 6 nitrogen and oxygen atoms in total. The maximum absolute atomic E-state index is 12.7. The highest BCUT2D eigenvalue weighted by atomic mass is 35.5. The second-order valence-electron chi connectivity index (χ2n) is 6.69. The number of halogens is 1. The van der Waals surface area contributed by atoms with Crippen molar-refractivity contribution in [2.24, 2.45) is 0 Å². The van der Waals surface area contributed by atoms with E-state index in [9.17, 15) is 13.2 Å². The molecule has 0 aliphatic carbocycles. The van der Waals surface area contributed by atoms with Crippen LogP contribution in [0.25, 0.3) is 0 Å². The first-order valence-corrected chi connectivity index (χ1v) is 10.6. The average molecular weight is 425 g/mol. The topological polar surface area (TPSA) is 75.7 Å². The monoisotopic (exact) mass is 424 g/mol. The molecule has 0 bridgehead atoms. The predicted octanol–water partition coefficient (Wildman–Crippen LogP) is 3.45. The van der Waals surface area contributed by atoms with Gasteiger partial charge in [0.25, 0.3) is 5.91 Å². The van der Waals surface area contributed by atoms with Gasteiger partial charge in [0.1, 0.15) is 0 Å². The number of nitrogens with zero attached hydrogens (tertiary/aromatic N) is 1. The Morgan fingerprint density at radius 2 is 1.75 bits per heavy atom. The molecule has 1 amide bonds. The van der Waals surface area contributed by atoms with Gasteiger partial charge in [0.15, 0.2) is 0 Å². The van der Waals surface area contributed by atoms with E-state index >= 15 is 0 Å². The van der Waals surface area contributed by atoms with Gasteiger partial charge in [-0.3, -0.25) is 4.79 Å². The van der Waals surface area contributed by atoms with Crippen molar-refractivity contribution in [1.29, 1.82) is 0 Å². The van der Waals surface area contributed by atoms with E-state index in [1.165, 1.54) is 29.6 Å². The minimum atomic E-state index is -3.71. The van der Waals surface area contributed by atoms with E-state index in [4.69, 9.17) is 16.3 Å². The van der Waals surface area contributed by atoms with Crippen molar-refractivity contribution < 1.29 is 17.9 Å². The fourth-order valence-corrected chi connectivity index (χ4v) is 4.08. The number of carbonyl (C=O) groups is 1. The third kappa shape index (κ3) is 5.32. The van der Waals surface area contributed by atoms with Gasteiger partial charge < -0.3 is 10.1 Å². The van der Waals surface area contributed by atoms with E-state index in [0.29, 0.717) is 13.2 Å². The molecule has 0 unspecified atom stereocenters. The first-order valence-electron chi connectivity index (χ1n) is 8.79. The molecule has 28 heavy (non-hydrogen) atoms. The second kappa shape index (κ2) is 9.52. The van der Waals surface area contributed by atoms with Crippen LogP contribution in [0.3, 0.4) is 0 Å². The first kappa shape index (κ1) is 22.4. The van der Waals surface area contributed by atoms with E-state index in [-0.39, 0.29) is 21.5 Å². The third-order valence-electron chi connectivity index (χ3n) is 4.37. The lowest BCUT2D eigenvalue weighted by atomic mass is 10.1. The van der Waals surface area contributed by atoms with Crippen molar-refractivity contribution in [1.82, 2.24) is 9.62 Å². The SMILES string of the molecule is COCc1ccc(CNC(=O)c2cc(S(=O)(=O)N(C)C(C)C)ccc2Cl)cc1. The highest BCUT2D eigenvalue weighted by Gasteiger charge is 2.25. The summed E-state index contributed by atoms with van der Waals surface area (Å²) in [4.78, 5) is 12.6. The molecule has 0 heterocycles. The van der Waals surface area contributed by atoms with Crippen LogP contribution in [0.1, 0.15) is 35.3 Å².